The quantitative estimate of drug-likeness (QED) is 0.756. The van der Waals surface area contributed by atoms with Crippen molar-refractivity contribution < 1.29 is 4.74 Å². The van der Waals surface area contributed by atoms with E-state index in [0.29, 0.717) is 5.38 Å². The van der Waals surface area contributed by atoms with Crippen molar-refractivity contribution in [2.24, 2.45) is 5.41 Å². The molecular formula is C17H18ClNO. The van der Waals surface area contributed by atoms with E-state index in [9.17, 15) is 0 Å². The second-order valence-corrected chi connectivity index (χ2v) is 6.60. The van der Waals surface area contributed by atoms with Gasteiger partial charge in [-0.15, -0.1) is 11.6 Å². The van der Waals surface area contributed by atoms with Crippen LogP contribution < -0.4 is 4.74 Å². The van der Waals surface area contributed by atoms with E-state index >= 15 is 0 Å². The number of hydrogen-bond donors (Lipinski definition) is 0. The van der Waals surface area contributed by atoms with Crippen molar-refractivity contribution >= 4 is 22.5 Å². The van der Waals surface area contributed by atoms with Gasteiger partial charge in [0.1, 0.15) is 11.9 Å². The molecule has 0 bridgehead atoms. The number of pyridine rings is 1. The monoisotopic (exact) mass is 287 g/mol. The van der Waals surface area contributed by atoms with Crippen LogP contribution in [-0.2, 0) is 0 Å². The fourth-order valence-corrected chi connectivity index (χ4v) is 4.38. The summed E-state index contributed by atoms with van der Waals surface area (Å²) in [5, 5.41) is 1.39. The summed E-state index contributed by atoms with van der Waals surface area (Å²) in [6.07, 6.45) is 8.09. The smallest absolute Gasteiger partial charge is 0.129 e. The maximum absolute atomic E-state index is 6.50. The molecule has 1 heterocycles. The van der Waals surface area contributed by atoms with Gasteiger partial charge in [0.2, 0.25) is 0 Å². The van der Waals surface area contributed by atoms with Crippen molar-refractivity contribution in [1.82, 2.24) is 4.98 Å². The topological polar surface area (TPSA) is 22.1 Å². The molecule has 0 amide bonds. The summed E-state index contributed by atoms with van der Waals surface area (Å²) in [6, 6.07) is 10.1. The number of rotatable bonds is 2. The molecule has 1 aromatic heterocycles. The summed E-state index contributed by atoms with van der Waals surface area (Å²) in [4.78, 5) is 4.39. The molecular weight excluding hydrogens is 270 g/mol. The molecule has 3 heteroatoms. The van der Waals surface area contributed by atoms with Crippen LogP contribution in [0.15, 0.2) is 36.5 Å². The molecule has 2 atom stereocenters. The Labute approximate surface area is 124 Å². The van der Waals surface area contributed by atoms with Crippen molar-refractivity contribution in [2.75, 3.05) is 0 Å². The number of ether oxygens (including phenoxy) is 1. The first-order chi connectivity index (χ1) is 9.79. The van der Waals surface area contributed by atoms with E-state index in [-0.39, 0.29) is 11.5 Å². The largest absolute Gasteiger partial charge is 0.489 e. The second kappa shape index (κ2) is 4.63. The van der Waals surface area contributed by atoms with Crippen molar-refractivity contribution in [2.45, 2.75) is 43.6 Å². The average Bonchev–Trinajstić information content (AvgIpc) is 3.00. The zero-order valence-electron chi connectivity index (χ0n) is 11.4. The SMILES string of the molecule is ClC1CC(Oc2cccc3ncccc23)C12CCCC2. The van der Waals surface area contributed by atoms with E-state index in [2.05, 4.69) is 11.1 Å². The van der Waals surface area contributed by atoms with Crippen LogP contribution in [0.3, 0.4) is 0 Å². The Hall–Kier alpha value is -1.28. The van der Waals surface area contributed by atoms with Gasteiger partial charge >= 0.3 is 0 Å². The number of hydrogen-bond acceptors (Lipinski definition) is 2. The molecule has 2 aliphatic rings. The second-order valence-electron chi connectivity index (χ2n) is 6.08. The van der Waals surface area contributed by atoms with Crippen LogP contribution in [0.25, 0.3) is 10.9 Å². The standard InChI is InChI=1S/C17H18ClNO/c18-15-11-16(17(15)8-1-2-9-17)20-14-7-3-6-13-12(14)5-4-10-19-13/h3-7,10,15-16H,1-2,8-9,11H2. The third-order valence-corrected chi connectivity index (χ3v) is 5.71. The van der Waals surface area contributed by atoms with Crippen LogP contribution in [0, 0.1) is 5.41 Å². The van der Waals surface area contributed by atoms with Gasteiger partial charge in [0.15, 0.2) is 0 Å². The Morgan fingerprint density at radius 3 is 2.80 bits per heavy atom. The minimum Gasteiger partial charge on any atom is -0.489 e. The number of alkyl halides is 1. The lowest BCUT2D eigenvalue weighted by Crippen LogP contribution is -2.55. The Balaban J connectivity index is 1.65. The summed E-state index contributed by atoms with van der Waals surface area (Å²) in [5.41, 5.74) is 1.22. The summed E-state index contributed by atoms with van der Waals surface area (Å²) in [6.45, 7) is 0. The van der Waals surface area contributed by atoms with Crippen molar-refractivity contribution in [3.8, 4) is 5.75 Å². The number of nitrogens with zero attached hydrogens (tertiary/aromatic N) is 1. The summed E-state index contributed by atoms with van der Waals surface area (Å²) >= 11 is 6.50. The number of aromatic nitrogens is 1. The van der Waals surface area contributed by atoms with Gasteiger partial charge in [-0.2, -0.15) is 0 Å². The van der Waals surface area contributed by atoms with Crippen LogP contribution >= 0.6 is 11.6 Å². The molecule has 1 aromatic carbocycles. The molecule has 0 aliphatic heterocycles. The molecule has 2 aliphatic carbocycles. The third kappa shape index (κ3) is 1.74. The molecule has 2 aromatic rings. The lowest BCUT2D eigenvalue weighted by molar-refractivity contribution is -0.0346. The molecule has 4 rings (SSSR count). The highest BCUT2D eigenvalue weighted by Crippen LogP contribution is 2.57. The highest BCUT2D eigenvalue weighted by Gasteiger charge is 2.57. The molecule has 2 fully saturated rings. The van der Waals surface area contributed by atoms with E-state index in [0.717, 1.165) is 23.1 Å². The Kier molecular flexibility index (Phi) is 2.88. The van der Waals surface area contributed by atoms with Crippen LogP contribution in [-0.4, -0.2) is 16.5 Å². The normalized spacial score (nSPS) is 27.6. The van der Waals surface area contributed by atoms with E-state index in [1.165, 1.54) is 25.7 Å². The number of halogens is 1. The maximum Gasteiger partial charge on any atom is 0.129 e. The molecule has 2 saturated carbocycles. The minimum atomic E-state index is 0.228. The molecule has 0 N–H and O–H groups in total. The third-order valence-electron chi connectivity index (χ3n) is 5.10. The van der Waals surface area contributed by atoms with Crippen molar-refractivity contribution in [3.05, 3.63) is 36.5 Å². The fraction of sp³-hybridized carbons (Fsp3) is 0.471. The van der Waals surface area contributed by atoms with Crippen LogP contribution in [0.2, 0.25) is 0 Å². The minimum absolute atomic E-state index is 0.228. The van der Waals surface area contributed by atoms with Crippen molar-refractivity contribution in [3.63, 3.8) is 0 Å². The van der Waals surface area contributed by atoms with Gasteiger partial charge in [0.05, 0.1) is 5.52 Å². The van der Waals surface area contributed by atoms with Crippen LogP contribution in [0.5, 0.6) is 5.75 Å². The fourth-order valence-electron chi connectivity index (χ4n) is 3.86. The lowest BCUT2D eigenvalue weighted by atomic mass is 9.64. The number of fused-ring (bicyclic) bond motifs is 1. The van der Waals surface area contributed by atoms with Gasteiger partial charge in [-0.25, -0.2) is 0 Å². The van der Waals surface area contributed by atoms with E-state index < -0.39 is 0 Å². The van der Waals surface area contributed by atoms with E-state index in [1.54, 1.807) is 0 Å². The predicted octanol–water partition coefficient (Wildman–Crippen LogP) is 4.55. The molecule has 0 saturated heterocycles. The van der Waals surface area contributed by atoms with Gasteiger partial charge in [-0.3, -0.25) is 4.98 Å². The Morgan fingerprint density at radius 2 is 2.00 bits per heavy atom. The Bertz CT molecular complexity index is 630. The maximum atomic E-state index is 6.50. The van der Waals surface area contributed by atoms with E-state index in [1.807, 2.05) is 30.5 Å². The Morgan fingerprint density at radius 1 is 1.15 bits per heavy atom. The van der Waals surface area contributed by atoms with Gasteiger partial charge in [0, 0.05) is 28.8 Å². The summed E-state index contributed by atoms with van der Waals surface area (Å²) in [7, 11) is 0. The number of benzene rings is 1. The van der Waals surface area contributed by atoms with Crippen molar-refractivity contribution in [1.29, 1.82) is 0 Å². The van der Waals surface area contributed by atoms with Gasteiger partial charge in [0.25, 0.3) is 0 Å². The van der Waals surface area contributed by atoms with Gasteiger partial charge in [-0.1, -0.05) is 18.9 Å². The molecule has 104 valence electrons. The molecule has 2 unspecified atom stereocenters. The first kappa shape index (κ1) is 12.5. The molecule has 20 heavy (non-hydrogen) atoms. The highest BCUT2D eigenvalue weighted by atomic mass is 35.5. The summed E-state index contributed by atoms with van der Waals surface area (Å²) in [5.74, 6) is 0.954. The molecule has 2 nitrogen and oxygen atoms in total. The van der Waals surface area contributed by atoms with Gasteiger partial charge in [-0.05, 0) is 37.1 Å². The van der Waals surface area contributed by atoms with Crippen LogP contribution in [0.1, 0.15) is 32.1 Å². The van der Waals surface area contributed by atoms with E-state index in [4.69, 9.17) is 16.3 Å². The zero-order valence-corrected chi connectivity index (χ0v) is 12.1. The highest BCUT2D eigenvalue weighted by molar-refractivity contribution is 6.22. The molecule has 1 spiro atoms. The van der Waals surface area contributed by atoms with Crippen LogP contribution in [0.4, 0.5) is 0 Å². The molecule has 0 radical (unpaired) electrons. The van der Waals surface area contributed by atoms with Gasteiger partial charge < -0.3 is 4.74 Å². The average molecular weight is 288 g/mol. The predicted molar refractivity (Wildman–Crippen MR) is 81.3 cm³/mol. The first-order valence-corrected chi connectivity index (χ1v) is 7.88. The first-order valence-electron chi connectivity index (χ1n) is 7.44. The summed E-state index contributed by atoms with van der Waals surface area (Å²) < 4.78 is 6.35. The lowest BCUT2D eigenvalue weighted by Gasteiger charge is -2.51. The zero-order chi connectivity index (χ0) is 13.6.